The molecule has 0 atom stereocenters. The maximum atomic E-state index is 5.61. The molecule has 1 aromatic rings. The summed E-state index contributed by atoms with van der Waals surface area (Å²) in [5.74, 6) is 0.461. The summed E-state index contributed by atoms with van der Waals surface area (Å²) in [4.78, 5) is 4.21. The number of alkyl halides is 1. The second-order valence-electron chi connectivity index (χ2n) is 2.01. The molecule has 0 N–H and O–H groups in total. The maximum Gasteiger partial charge on any atom is 0.0696 e. The molecule has 1 nitrogen and oxygen atoms in total. The molecule has 0 amide bonds. The van der Waals surface area contributed by atoms with E-state index in [0.717, 1.165) is 15.9 Å². The van der Waals surface area contributed by atoms with Crippen LogP contribution in [0, 0.1) is 6.92 Å². The zero-order chi connectivity index (χ0) is 7.56. The third-order valence-electron chi connectivity index (χ3n) is 1.18. The predicted octanol–water partition coefficient (Wildman–Crippen LogP) is 3.31. The molecule has 0 aliphatic rings. The molecule has 0 aliphatic heterocycles. The number of pyridine rings is 1. The molecule has 0 aliphatic carbocycles. The normalized spacial score (nSPS) is 9.00. The first-order chi connectivity index (χ1) is 4.74. The largest absolute Gasteiger partial charge is 0.256 e. The second kappa shape index (κ2) is 4.96. The van der Waals surface area contributed by atoms with E-state index < -0.39 is 0 Å². The Kier molecular flexibility index (Phi) is 5.06. The molecule has 1 rings (SSSR count). The smallest absolute Gasteiger partial charge is 0.0696 e. The van der Waals surface area contributed by atoms with Gasteiger partial charge in [-0.05, 0) is 35.0 Å². The van der Waals surface area contributed by atoms with Gasteiger partial charge >= 0.3 is 0 Å². The van der Waals surface area contributed by atoms with Gasteiger partial charge in [0, 0.05) is 10.2 Å². The summed E-state index contributed by atoms with van der Waals surface area (Å²) in [5.41, 5.74) is 1.90. The fourth-order valence-corrected chi connectivity index (χ4v) is 1.41. The van der Waals surface area contributed by atoms with E-state index in [0.29, 0.717) is 5.88 Å². The number of aromatic nitrogens is 1. The zero-order valence-electron chi connectivity index (χ0n) is 5.97. The van der Waals surface area contributed by atoms with E-state index in [1.165, 1.54) is 0 Å². The summed E-state index contributed by atoms with van der Waals surface area (Å²) in [5, 5.41) is 0. The van der Waals surface area contributed by atoms with E-state index in [1.807, 2.05) is 19.1 Å². The van der Waals surface area contributed by atoms with Crippen molar-refractivity contribution in [2.24, 2.45) is 0 Å². The van der Waals surface area contributed by atoms with Gasteiger partial charge in [0.1, 0.15) is 0 Å². The van der Waals surface area contributed by atoms with Crippen LogP contribution in [0.3, 0.4) is 0 Å². The quantitative estimate of drug-likeness (QED) is 0.703. The van der Waals surface area contributed by atoms with Gasteiger partial charge in [-0.25, -0.2) is 0 Å². The maximum absolute atomic E-state index is 5.61. The van der Waals surface area contributed by atoms with Gasteiger partial charge in [0.25, 0.3) is 0 Å². The van der Waals surface area contributed by atoms with E-state index >= 15 is 0 Å². The monoisotopic (exact) mass is 255 g/mol. The lowest BCUT2D eigenvalue weighted by Gasteiger charge is -1.98. The van der Waals surface area contributed by atoms with Crippen LogP contribution < -0.4 is 0 Å². The molecule has 1 aromatic heterocycles. The molecule has 0 aromatic carbocycles. The average molecular weight is 257 g/mol. The van der Waals surface area contributed by atoms with Crippen molar-refractivity contribution in [3.63, 3.8) is 0 Å². The first-order valence-corrected chi connectivity index (χ1v) is 4.25. The highest BCUT2D eigenvalue weighted by molar-refractivity contribution is 9.10. The van der Waals surface area contributed by atoms with Crippen molar-refractivity contribution in [1.29, 1.82) is 0 Å². The summed E-state index contributed by atoms with van der Waals surface area (Å²) < 4.78 is 0.980. The lowest BCUT2D eigenvalue weighted by Crippen LogP contribution is -1.88. The Morgan fingerprint density at radius 1 is 1.55 bits per heavy atom. The minimum atomic E-state index is 0. The van der Waals surface area contributed by atoms with Crippen LogP contribution in [-0.2, 0) is 5.88 Å². The summed E-state index contributed by atoms with van der Waals surface area (Å²) in [6.45, 7) is 1.95. The lowest BCUT2D eigenvalue weighted by atomic mass is 10.3. The van der Waals surface area contributed by atoms with Crippen molar-refractivity contribution in [3.8, 4) is 0 Å². The summed E-state index contributed by atoms with van der Waals surface area (Å²) >= 11 is 8.96. The Bertz CT molecular complexity index is 240. The van der Waals surface area contributed by atoms with E-state index in [4.69, 9.17) is 11.6 Å². The van der Waals surface area contributed by atoms with Crippen molar-refractivity contribution < 1.29 is 0 Å². The fraction of sp³-hybridized carbons (Fsp3) is 0.286. The van der Waals surface area contributed by atoms with Gasteiger partial charge < -0.3 is 0 Å². The number of nitrogens with zero attached hydrogens (tertiary/aromatic N) is 1. The Morgan fingerprint density at radius 2 is 2.18 bits per heavy atom. The Labute approximate surface area is 85.7 Å². The number of halogens is 3. The van der Waals surface area contributed by atoms with Crippen LogP contribution in [-0.4, -0.2) is 4.98 Å². The van der Waals surface area contributed by atoms with Crippen LogP contribution in [0.1, 0.15) is 11.4 Å². The van der Waals surface area contributed by atoms with Gasteiger partial charge in [-0.15, -0.1) is 24.0 Å². The Hall–Kier alpha value is 0.210. The van der Waals surface area contributed by atoms with Gasteiger partial charge in [-0.2, -0.15) is 0 Å². The zero-order valence-corrected chi connectivity index (χ0v) is 9.13. The van der Waals surface area contributed by atoms with Gasteiger partial charge in [0.2, 0.25) is 0 Å². The second-order valence-corrected chi connectivity index (χ2v) is 3.14. The van der Waals surface area contributed by atoms with Crippen molar-refractivity contribution >= 4 is 39.9 Å². The SMILES string of the molecule is Cc1ccc(Br)c(CCl)n1.Cl. The third-order valence-corrected chi connectivity index (χ3v) is 2.16. The molecule has 0 radical (unpaired) electrons. The minimum Gasteiger partial charge on any atom is -0.256 e. The van der Waals surface area contributed by atoms with Gasteiger partial charge in [0.05, 0.1) is 11.6 Å². The molecule has 0 saturated heterocycles. The molecule has 1 heterocycles. The number of hydrogen-bond donors (Lipinski definition) is 0. The molecule has 11 heavy (non-hydrogen) atoms. The number of hydrogen-bond acceptors (Lipinski definition) is 1. The van der Waals surface area contributed by atoms with E-state index in [2.05, 4.69) is 20.9 Å². The van der Waals surface area contributed by atoms with Crippen LogP contribution >= 0.6 is 39.9 Å². The van der Waals surface area contributed by atoms with Crippen molar-refractivity contribution in [2.45, 2.75) is 12.8 Å². The lowest BCUT2D eigenvalue weighted by molar-refractivity contribution is 1.09. The van der Waals surface area contributed by atoms with E-state index in [-0.39, 0.29) is 12.4 Å². The van der Waals surface area contributed by atoms with Crippen molar-refractivity contribution in [2.75, 3.05) is 0 Å². The molecule has 0 bridgehead atoms. The number of rotatable bonds is 1. The highest BCUT2D eigenvalue weighted by Gasteiger charge is 1.98. The van der Waals surface area contributed by atoms with Crippen molar-refractivity contribution in [1.82, 2.24) is 4.98 Å². The highest BCUT2D eigenvalue weighted by Crippen LogP contribution is 2.16. The molecule has 4 heteroatoms. The summed E-state index contributed by atoms with van der Waals surface area (Å²) in [6.07, 6.45) is 0. The average Bonchev–Trinajstić information content (AvgIpc) is 1.94. The Balaban J connectivity index is 0.000001000. The number of aryl methyl sites for hydroxylation is 1. The predicted molar refractivity (Wildman–Crippen MR) is 53.5 cm³/mol. The Morgan fingerprint density at radius 3 is 2.64 bits per heavy atom. The molecule has 62 valence electrons. The van der Waals surface area contributed by atoms with Crippen LogP contribution in [0.2, 0.25) is 0 Å². The fourth-order valence-electron chi connectivity index (χ4n) is 0.687. The van der Waals surface area contributed by atoms with Crippen LogP contribution in [0.5, 0.6) is 0 Å². The first-order valence-electron chi connectivity index (χ1n) is 2.92. The van der Waals surface area contributed by atoms with Gasteiger partial charge in [0.15, 0.2) is 0 Å². The molecular weight excluding hydrogens is 249 g/mol. The topological polar surface area (TPSA) is 12.9 Å². The van der Waals surface area contributed by atoms with E-state index in [1.54, 1.807) is 0 Å². The minimum absolute atomic E-state index is 0. The third kappa shape index (κ3) is 2.97. The van der Waals surface area contributed by atoms with Crippen LogP contribution in [0.15, 0.2) is 16.6 Å². The standard InChI is InChI=1S/C7H7BrClN.ClH/c1-5-2-3-6(8)7(4-9)10-5;/h2-3H,4H2,1H3;1H. The summed E-state index contributed by atoms with van der Waals surface area (Å²) in [7, 11) is 0. The first kappa shape index (κ1) is 11.2. The highest BCUT2D eigenvalue weighted by atomic mass is 79.9. The summed E-state index contributed by atoms with van der Waals surface area (Å²) in [6, 6.07) is 3.90. The van der Waals surface area contributed by atoms with E-state index in [9.17, 15) is 0 Å². The molecule has 0 fully saturated rings. The molecule has 0 spiro atoms. The van der Waals surface area contributed by atoms with Gasteiger partial charge in [-0.1, -0.05) is 0 Å². The van der Waals surface area contributed by atoms with Gasteiger partial charge in [-0.3, -0.25) is 4.98 Å². The molecule has 0 unspecified atom stereocenters. The van der Waals surface area contributed by atoms with Crippen LogP contribution in [0.4, 0.5) is 0 Å². The molecular formula is C7H8BrCl2N. The van der Waals surface area contributed by atoms with Crippen molar-refractivity contribution in [3.05, 3.63) is 28.0 Å². The molecule has 0 saturated carbocycles. The van der Waals surface area contributed by atoms with Crippen LogP contribution in [0.25, 0.3) is 0 Å².